The van der Waals surface area contributed by atoms with Gasteiger partial charge >= 0.3 is 0 Å². The number of imidazole rings is 1. The number of aromatic nitrogens is 2. The Morgan fingerprint density at radius 2 is 1.95 bits per heavy atom. The Balaban J connectivity index is 2.23. The molecule has 2 aromatic heterocycles. The molecule has 0 N–H and O–H groups in total. The molecule has 3 nitrogen and oxygen atoms in total. The van der Waals surface area contributed by atoms with Gasteiger partial charge in [0.2, 0.25) is 0 Å². The largest absolute Gasteiger partial charge is 0.496 e. The number of benzene rings is 1. The van der Waals surface area contributed by atoms with E-state index in [1.54, 1.807) is 7.11 Å². The second kappa shape index (κ2) is 4.43. The van der Waals surface area contributed by atoms with E-state index in [9.17, 15) is 0 Å². The van der Waals surface area contributed by atoms with Crippen LogP contribution in [0.25, 0.3) is 16.9 Å². The average molecular weight is 251 g/mol. The SMILES string of the molecule is COc1ccccc1-c1[c]n2c(C)cc(C)cc2n1. The number of fused-ring (bicyclic) bond motifs is 1. The first-order chi connectivity index (χ1) is 9.19. The molecule has 0 unspecified atom stereocenters. The first-order valence-corrected chi connectivity index (χ1v) is 6.21. The Hall–Kier alpha value is -2.29. The summed E-state index contributed by atoms with van der Waals surface area (Å²) in [5.41, 5.74) is 5.02. The van der Waals surface area contributed by atoms with Crippen molar-refractivity contribution < 1.29 is 4.74 Å². The highest BCUT2D eigenvalue weighted by molar-refractivity contribution is 5.69. The van der Waals surface area contributed by atoms with Gasteiger partial charge in [-0.15, -0.1) is 0 Å². The predicted octanol–water partition coefficient (Wildman–Crippen LogP) is 3.43. The van der Waals surface area contributed by atoms with Gasteiger partial charge in [-0.25, -0.2) is 4.98 Å². The van der Waals surface area contributed by atoms with Gasteiger partial charge in [0.1, 0.15) is 23.3 Å². The zero-order valence-electron chi connectivity index (χ0n) is 11.3. The third-order valence-corrected chi connectivity index (χ3v) is 3.18. The second-order valence-corrected chi connectivity index (χ2v) is 4.64. The summed E-state index contributed by atoms with van der Waals surface area (Å²) in [6.45, 7) is 4.13. The van der Waals surface area contributed by atoms with Crippen LogP contribution in [0.2, 0.25) is 0 Å². The smallest absolute Gasteiger partial charge is 0.138 e. The minimum atomic E-state index is 0.811. The lowest BCUT2D eigenvalue weighted by atomic mass is 10.1. The molecule has 3 aromatic rings. The van der Waals surface area contributed by atoms with Crippen LogP contribution in [0.1, 0.15) is 11.3 Å². The standard InChI is InChI=1S/C16H15N2O/c1-11-8-12(2)18-10-14(17-16(18)9-11)13-6-4-5-7-15(13)19-3/h4-9H,1-3H3. The van der Waals surface area contributed by atoms with Crippen LogP contribution in [0.15, 0.2) is 36.4 Å². The quantitative estimate of drug-likeness (QED) is 0.697. The van der Waals surface area contributed by atoms with E-state index >= 15 is 0 Å². The van der Waals surface area contributed by atoms with E-state index in [0.717, 1.165) is 28.3 Å². The van der Waals surface area contributed by atoms with Crippen molar-refractivity contribution >= 4 is 5.65 Å². The fourth-order valence-corrected chi connectivity index (χ4v) is 2.32. The van der Waals surface area contributed by atoms with Crippen LogP contribution in [0.5, 0.6) is 5.75 Å². The molecule has 3 rings (SSSR count). The third kappa shape index (κ3) is 1.97. The summed E-state index contributed by atoms with van der Waals surface area (Å²) in [5.74, 6) is 0.816. The Kier molecular flexibility index (Phi) is 2.75. The Labute approximate surface area is 112 Å². The number of methoxy groups -OCH3 is 1. The lowest BCUT2D eigenvalue weighted by Crippen LogP contribution is -1.90. The van der Waals surface area contributed by atoms with Gasteiger partial charge in [0, 0.05) is 11.3 Å². The van der Waals surface area contributed by atoms with Crippen LogP contribution >= 0.6 is 0 Å². The molecule has 2 heterocycles. The zero-order chi connectivity index (χ0) is 13.4. The van der Waals surface area contributed by atoms with Gasteiger partial charge in [0.15, 0.2) is 0 Å². The fourth-order valence-electron chi connectivity index (χ4n) is 2.32. The molecule has 19 heavy (non-hydrogen) atoms. The van der Waals surface area contributed by atoms with Gasteiger partial charge < -0.3 is 4.74 Å². The number of rotatable bonds is 2. The Bertz CT molecular complexity index is 744. The highest BCUT2D eigenvalue weighted by Crippen LogP contribution is 2.29. The maximum absolute atomic E-state index is 5.38. The molecule has 3 heteroatoms. The molecule has 0 atom stereocenters. The van der Waals surface area contributed by atoms with E-state index in [-0.39, 0.29) is 0 Å². The van der Waals surface area contributed by atoms with Crippen LogP contribution in [-0.4, -0.2) is 16.5 Å². The third-order valence-electron chi connectivity index (χ3n) is 3.18. The molecule has 0 saturated heterocycles. The lowest BCUT2D eigenvalue weighted by molar-refractivity contribution is 0.416. The van der Waals surface area contributed by atoms with Gasteiger partial charge in [-0.3, -0.25) is 4.40 Å². The van der Waals surface area contributed by atoms with Gasteiger partial charge in [0.05, 0.1) is 7.11 Å². The average Bonchev–Trinajstić information content (AvgIpc) is 2.82. The van der Waals surface area contributed by atoms with Crippen LogP contribution in [0, 0.1) is 20.0 Å². The van der Waals surface area contributed by atoms with Crippen molar-refractivity contribution in [3.63, 3.8) is 0 Å². The normalized spacial score (nSPS) is 10.9. The number of hydrogen-bond donors (Lipinski definition) is 0. The minimum absolute atomic E-state index is 0.811. The van der Waals surface area contributed by atoms with Gasteiger partial charge in [-0.1, -0.05) is 12.1 Å². The van der Waals surface area contributed by atoms with Crippen LogP contribution in [-0.2, 0) is 0 Å². The van der Waals surface area contributed by atoms with Crippen LogP contribution in [0.3, 0.4) is 0 Å². The fraction of sp³-hybridized carbons (Fsp3) is 0.188. The first-order valence-electron chi connectivity index (χ1n) is 6.21. The summed E-state index contributed by atoms with van der Waals surface area (Å²) in [6, 6.07) is 12.0. The zero-order valence-corrected chi connectivity index (χ0v) is 11.3. The highest BCUT2D eigenvalue weighted by Gasteiger charge is 2.11. The second-order valence-electron chi connectivity index (χ2n) is 4.64. The van der Waals surface area contributed by atoms with Crippen LogP contribution < -0.4 is 4.74 Å². The van der Waals surface area contributed by atoms with E-state index in [1.165, 1.54) is 5.56 Å². The number of para-hydroxylation sites is 1. The maximum Gasteiger partial charge on any atom is 0.138 e. The maximum atomic E-state index is 5.38. The van der Waals surface area contributed by atoms with Crippen molar-refractivity contribution in [2.75, 3.05) is 7.11 Å². The summed E-state index contributed by atoms with van der Waals surface area (Å²) in [5, 5.41) is 0. The van der Waals surface area contributed by atoms with E-state index < -0.39 is 0 Å². The molecule has 0 aliphatic carbocycles. The predicted molar refractivity (Wildman–Crippen MR) is 75.5 cm³/mol. The summed E-state index contributed by atoms with van der Waals surface area (Å²) < 4.78 is 7.36. The van der Waals surface area contributed by atoms with E-state index in [4.69, 9.17) is 4.74 Å². The molecule has 0 fully saturated rings. The highest BCUT2D eigenvalue weighted by atomic mass is 16.5. The van der Waals surface area contributed by atoms with Gasteiger partial charge in [-0.05, 0) is 43.7 Å². The Morgan fingerprint density at radius 3 is 2.74 bits per heavy atom. The van der Waals surface area contributed by atoms with Crippen molar-refractivity contribution in [3.05, 3.63) is 53.9 Å². The minimum Gasteiger partial charge on any atom is -0.496 e. The van der Waals surface area contributed by atoms with Crippen molar-refractivity contribution in [2.24, 2.45) is 0 Å². The van der Waals surface area contributed by atoms with Crippen molar-refractivity contribution in [3.8, 4) is 17.0 Å². The summed E-state index contributed by atoms with van der Waals surface area (Å²) >= 11 is 0. The molecule has 0 saturated carbocycles. The molecule has 0 aliphatic rings. The number of ether oxygens (including phenoxy) is 1. The lowest BCUT2D eigenvalue weighted by Gasteiger charge is -2.04. The van der Waals surface area contributed by atoms with E-state index in [1.807, 2.05) is 28.7 Å². The molecule has 0 amide bonds. The molecule has 0 aliphatic heterocycles. The Morgan fingerprint density at radius 1 is 1.16 bits per heavy atom. The number of nitrogens with zero attached hydrogens (tertiary/aromatic N) is 2. The molecule has 1 aromatic carbocycles. The molecule has 95 valence electrons. The van der Waals surface area contributed by atoms with Crippen LogP contribution in [0.4, 0.5) is 0 Å². The van der Waals surface area contributed by atoms with Gasteiger partial charge in [0.25, 0.3) is 0 Å². The molecular formula is C16H15N2O. The number of pyridine rings is 1. The summed E-state index contributed by atoms with van der Waals surface area (Å²) in [6.07, 6.45) is 3.31. The molecule has 1 radical (unpaired) electrons. The van der Waals surface area contributed by atoms with Crippen molar-refractivity contribution in [1.82, 2.24) is 9.38 Å². The molecule has 0 bridgehead atoms. The monoisotopic (exact) mass is 251 g/mol. The topological polar surface area (TPSA) is 26.5 Å². The number of aryl methyl sites for hydroxylation is 2. The molecule has 0 spiro atoms. The molecular weight excluding hydrogens is 236 g/mol. The van der Waals surface area contributed by atoms with Crippen molar-refractivity contribution in [1.29, 1.82) is 0 Å². The summed E-state index contributed by atoms with van der Waals surface area (Å²) in [7, 11) is 1.67. The first kappa shape index (κ1) is 11.8. The van der Waals surface area contributed by atoms with E-state index in [2.05, 4.69) is 37.2 Å². The van der Waals surface area contributed by atoms with E-state index in [0.29, 0.717) is 0 Å². The van der Waals surface area contributed by atoms with Gasteiger partial charge in [-0.2, -0.15) is 0 Å². The summed E-state index contributed by atoms with van der Waals surface area (Å²) in [4.78, 5) is 4.64. The number of hydrogen-bond acceptors (Lipinski definition) is 2. The van der Waals surface area contributed by atoms with Crippen molar-refractivity contribution in [2.45, 2.75) is 13.8 Å².